The molecule has 27 heavy (non-hydrogen) atoms. The number of benzene rings is 2. The zero-order chi connectivity index (χ0) is 18.6. The summed E-state index contributed by atoms with van der Waals surface area (Å²) in [6, 6.07) is 19.3. The molecular formula is C22H16FN3O. The van der Waals surface area contributed by atoms with Crippen LogP contribution in [-0.2, 0) is 6.54 Å². The van der Waals surface area contributed by atoms with Crippen LogP contribution in [0, 0.1) is 5.82 Å². The molecule has 1 N–H and O–H groups in total. The predicted octanol–water partition coefficient (Wildman–Crippen LogP) is 4.37. The Balaban J connectivity index is 1.71. The van der Waals surface area contributed by atoms with E-state index in [0.717, 1.165) is 16.5 Å². The minimum absolute atomic E-state index is 0.118. The Kier molecular flexibility index (Phi) is 4.58. The van der Waals surface area contributed by atoms with Crippen LogP contribution in [-0.4, -0.2) is 15.9 Å². The van der Waals surface area contributed by atoms with Gasteiger partial charge in [-0.2, -0.15) is 0 Å². The number of carbonyl (C=O) groups is 1. The topological polar surface area (TPSA) is 54.9 Å². The fraction of sp³-hybridized carbons (Fsp3) is 0.0455. The van der Waals surface area contributed by atoms with Crippen LogP contribution in [0.5, 0.6) is 0 Å². The number of carbonyl (C=O) groups excluding carboxylic acids is 1. The van der Waals surface area contributed by atoms with E-state index >= 15 is 0 Å². The van der Waals surface area contributed by atoms with Crippen LogP contribution in [0.2, 0.25) is 0 Å². The monoisotopic (exact) mass is 357 g/mol. The highest BCUT2D eigenvalue weighted by molar-refractivity contribution is 6.07. The van der Waals surface area contributed by atoms with Crippen molar-refractivity contribution in [3.05, 3.63) is 96.1 Å². The first-order chi connectivity index (χ1) is 13.2. The van der Waals surface area contributed by atoms with Gasteiger partial charge in [-0.3, -0.25) is 9.78 Å². The van der Waals surface area contributed by atoms with E-state index in [9.17, 15) is 9.18 Å². The number of para-hydroxylation sites is 1. The van der Waals surface area contributed by atoms with E-state index in [1.165, 1.54) is 6.07 Å². The van der Waals surface area contributed by atoms with Gasteiger partial charge in [0.25, 0.3) is 5.91 Å². The van der Waals surface area contributed by atoms with Crippen LogP contribution in [0.1, 0.15) is 15.9 Å². The molecule has 2 aromatic carbocycles. The number of halogens is 1. The second-order valence-electron chi connectivity index (χ2n) is 6.08. The van der Waals surface area contributed by atoms with Gasteiger partial charge < -0.3 is 5.32 Å². The van der Waals surface area contributed by atoms with Crippen molar-refractivity contribution in [1.82, 2.24) is 15.3 Å². The molecule has 0 aliphatic carbocycles. The van der Waals surface area contributed by atoms with E-state index in [1.807, 2.05) is 36.4 Å². The summed E-state index contributed by atoms with van der Waals surface area (Å²) in [4.78, 5) is 21.5. The van der Waals surface area contributed by atoms with Crippen molar-refractivity contribution < 1.29 is 9.18 Å². The number of nitrogens with one attached hydrogen (secondary N) is 1. The SMILES string of the molecule is O=C(NCc1ccccc1F)c1cc(-c2ccncc2)nc2ccccc12. The molecule has 132 valence electrons. The number of hydrogen-bond acceptors (Lipinski definition) is 3. The fourth-order valence-corrected chi connectivity index (χ4v) is 2.95. The number of amides is 1. The molecule has 2 heterocycles. The first-order valence-corrected chi connectivity index (χ1v) is 8.54. The average Bonchev–Trinajstić information content (AvgIpc) is 2.73. The zero-order valence-electron chi connectivity index (χ0n) is 14.4. The minimum Gasteiger partial charge on any atom is -0.348 e. The van der Waals surface area contributed by atoms with Crippen LogP contribution < -0.4 is 5.32 Å². The van der Waals surface area contributed by atoms with E-state index in [-0.39, 0.29) is 18.3 Å². The molecule has 4 rings (SSSR count). The number of rotatable bonds is 4. The number of pyridine rings is 2. The molecule has 0 saturated heterocycles. The fourth-order valence-electron chi connectivity index (χ4n) is 2.95. The number of hydrogen-bond donors (Lipinski definition) is 1. The summed E-state index contributed by atoms with van der Waals surface area (Å²) in [6.07, 6.45) is 3.37. The first-order valence-electron chi connectivity index (χ1n) is 8.54. The molecule has 0 atom stereocenters. The summed E-state index contributed by atoms with van der Waals surface area (Å²) in [6.45, 7) is 0.118. The lowest BCUT2D eigenvalue weighted by Gasteiger charge is -2.11. The third-order valence-corrected chi connectivity index (χ3v) is 4.33. The van der Waals surface area contributed by atoms with Gasteiger partial charge in [-0.05, 0) is 30.3 Å². The Morgan fingerprint density at radius 1 is 0.963 bits per heavy atom. The molecule has 1 amide bonds. The molecular weight excluding hydrogens is 341 g/mol. The highest BCUT2D eigenvalue weighted by Crippen LogP contribution is 2.24. The lowest BCUT2D eigenvalue weighted by Crippen LogP contribution is -2.23. The zero-order valence-corrected chi connectivity index (χ0v) is 14.4. The van der Waals surface area contributed by atoms with Crippen molar-refractivity contribution in [2.75, 3.05) is 0 Å². The molecule has 4 aromatic rings. The van der Waals surface area contributed by atoms with E-state index in [4.69, 9.17) is 0 Å². The smallest absolute Gasteiger partial charge is 0.252 e. The molecule has 0 radical (unpaired) electrons. The van der Waals surface area contributed by atoms with Crippen molar-refractivity contribution in [3.63, 3.8) is 0 Å². The van der Waals surface area contributed by atoms with Crippen LogP contribution in [0.15, 0.2) is 79.1 Å². The van der Waals surface area contributed by atoms with Gasteiger partial charge in [0.05, 0.1) is 16.8 Å². The molecule has 5 heteroatoms. The maximum Gasteiger partial charge on any atom is 0.252 e. The predicted molar refractivity (Wildman–Crippen MR) is 103 cm³/mol. The summed E-state index contributed by atoms with van der Waals surface area (Å²) in [5.74, 6) is -0.609. The molecule has 0 saturated carbocycles. The van der Waals surface area contributed by atoms with Gasteiger partial charge in [0, 0.05) is 35.5 Å². The largest absolute Gasteiger partial charge is 0.348 e. The first kappa shape index (κ1) is 16.8. The second-order valence-corrected chi connectivity index (χ2v) is 6.08. The van der Waals surface area contributed by atoms with Crippen molar-refractivity contribution in [2.45, 2.75) is 6.54 Å². The molecule has 0 aliphatic heterocycles. The molecule has 0 unspecified atom stereocenters. The minimum atomic E-state index is -0.338. The van der Waals surface area contributed by atoms with Crippen LogP contribution in [0.4, 0.5) is 4.39 Å². The standard InChI is InChI=1S/C22H16FN3O/c23-19-7-3-1-5-16(19)14-25-22(27)18-13-21(15-9-11-24-12-10-15)26-20-8-4-2-6-17(18)20/h1-13H,14H2,(H,25,27). The third kappa shape index (κ3) is 3.53. The number of aromatic nitrogens is 2. The maximum atomic E-state index is 13.8. The van der Waals surface area contributed by atoms with Gasteiger partial charge in [-0.1, -0.05) is 36.4 Å². The molecule has 0 bridgehead atoms. The molecule has 2 aromatic heterocycles. The highest BCUT2D eigenvalue weighted by atomic mass is 19.1. The summed E-state index contributed by atoms with van der Waals surface area (Å²) in [5, 5.41) is 3.56. The quantitative estimate of drug-likeness (QED) is 0.590. The van der Waals surface area contributed by atoms with Gasteiger partial charge in [-0.25, -0.2) is 9.37 Å². The normalized spacial score (nSPS) is 10.7. The van der Waals surface area contributed by atoms with Crippen molar-refractivity contribution >= 4 is 16.8 Å². The van der Waals surface area contributed by atoms with Crippen LogP contribution in [0.25, 0.3) is 22.2 Å². The Morgan fingerprint density at radius 3 is 2.52 bits per heavy atom. The maximum absolute atomic E-state index is 13.8. The summed E-state index contributed by atoms with van der Waals surface area (Å²) in [7, 11) is 0. The van der Waals surface area contributed by atoms with Gasteiger partial charge >= 0.3 is 0 Å². The molecule has 0 aliphatic rings. The summed E-state index contributed by atoms with van der Waals surface area (Å²) >= 11 is 0. The number of fused-ring (bicyclic) bond motifs is 1. The van der Waals surface area contributed by atoms with Crippen molar-refractivity contribution in [3.8, 4) is 11.3 Å². The Morgan fingerprint density at radius 2 is 1.70 bits per heavy atom. The van der Waals surface area contributed by atoms with Gasteiger partial charge in [0.15, 0.2) is 0 Å². The summed E-state index contributed by atoms with van der Waals surface area (Å²) in [5.41, 5.74) is 3.23. The van der Waals surface area contributed by atoms with E-state index in [1.54, 1.807) is 36.7 Å². The Bertz CT molecular complexity index is 1110. The van der Waals surface area contributed by atoms with E-state index in [0.29, 0.717) is 16.8 Å². The van der Waals surface area contributed by atoms with E-state index < -0.39 is 0 Å². The van der Waals surface area contributed by atoms with E-state index in [2.05, 4.69) is 15.3 Å². The average molecular weight is 357 g/mol. The molecule has 0 fully saturated rings. The Labute approximate surface area is 155 Å². The Hall–Kier alpha value is -3.60. The highest BCUT2D eigenvalue weighted by Gasteiger charge is 2.14. The second kappa shape index (κ2) is 7.33. The molecule has 0 spiro atoms. The van der Waals surface area contributed by atoms with Gasteiger partial charge in [0.1, 0.15) is 5.82 Å². The molecule has 4 nitrogen and oxygen atoms in total. The van der Waals surface area contributed by atoms with Crippen molar-refractivity contribution in [2.24, 2.45) is 0 Å². The van der Waals surface area contributed by atoms with Crippen molar-refractivity contribution in [1.29, 1.82) is 0 Å². The van der Waals surface area contributed by atoms with Gasteiger partial charge in [0.2, 0.25) is 0 Å². The van der Waals surface area contributed by atoms with Gasteiger partial charge in [-0.15, -0.1) is 0 Å². The summed E-state index contributed by atoms with van der Waals surface area (Å²) < 4.78 is 13.8. The third-order valence-electron chi connectivity index (χ3n) is 4.33. The lowest BCUT2D eigenvalue weighted by molar-refractivity contribution is 0.0952. The number of nitrogens with zero attached hydrogens (tertiary/aromatic N) is 2. The van der Waals surface area contributed by atoms with Crippen LogP contribution >= 0.6 is 0 Å². The van der Waals surface area contributed by atoms with Crippen LogP contribution in [0.3, 0.4) is 0 Å². The lowest BCUT2D eigenvalue weighted by atomic mass is 10.0.